The maximum Gasteiger partial charge on any atom is 0.237 e. The lowest BCUT2D eigenvalue weighted by Gasteiger charge is -2.38. The minimum absolute atomic E-state index is 0.0623. The average Bonchev–Trinajstić information content (AvgIpc) is 3.19. The Bertz CT molecular complexity index is 764. The summed E-state index contributed by atoms with van der Waals surface area (Å²) in [7, 11) is 0. The molecule has 6 heteroatoms. The van der Waals surface area contributed by atoms with Crippen LogP contribution in [0.25, 0.3) is 0 Å². The summed E-state index contributed by atoms with van der Waals surface area (Å²) in [5, 5.41) is 7.02. The van der Waals surface area contributed by atoms with Crippen LogP contribution in [0.1, 0.15) is 62.2 Å². The maximum absolute atomic E-state index is 13.6. The van der Waals surface area contributed by atoms with Crippen LogP contribution in [0, 0.1) is 5.82 Å². The minimum atomic E-state index is -0.407. The van der Waals surface area contributed by atoms with Crippen molar-refractivity contribution in [1.29, 1.82) is 0 Å². The van der Waals surface area contributed by atoms with Crippen molar-refractivity contribution < 1.29 is 13.7 Å². The number of nitrogens with one attached hydrogen (secondary N) is 1. The van der Waals surface area contributed by atoms with E-state index in [4.69, 9.17) is 4.52 Å². The van der Waals surface area contributed by atoms with Gasteiger partial charge in [-0.2, -0.15) is 4.98 Å². The molecule has 132 valence electrons. The number of nitrogens with zero attached hydrogens (tertiary/aromatic N) is 2. The molecule has 5 nitrogen and oxygen atoms in total. The first-order valence-electron chi connectivity index (χ1n) is 9.04. The van der Waals surface area contributed by atoms with Gasteiger partial charge in [-0.25, -0.2) is 4.39 Å². The highest BCUT2D eigenvalue weighted by atomic mass is 19.1. The standard InChI is InChI=1S/C19H22FN3O2/c20-14-6-3-5-13(11-14)19(9-4-10-19)18-22-16(23-25-18)12-17(24)21-15-7-1-2-8-15/h3,5-6,11,15H,1-2,4,7-10,12H2,(H,21,24). The SMILES string of the molecule is O=C(Cc1noc(C2(c3cccc(F)c3)CCC2)n1)NC1CCCC1. The van der Waals surface area contributed by atoms with Crippen LogP contribution in [0.2, 0.25) is 0 Å². The first-order chi connectivity index (χ1) is 12.2. The van der Waals surface area contributed by atoms with Crippen molar-refractivity contribution in [3.05, 3.63) is 47.4 Å². The van der Waals surface area contributed by atoms with Gasteiger partial charge in [0.15, 0.2) is 5.82 Å². The highest BCUT2D eigenvalue weighted by Gasteiger charge is 2.45. The summed E-state index contributed by atoms with van der Waals surface area (Å²) in [4.78, 5) is 16.6. The van der Waals surface area contributed by atoms with Gasteiger partial charge in [0.25, 0.3) is 0 Å². The van der Waals surface area contributed by atoms with E-state index in [1.54, 1.807) is 6.07 Å². The van der Waals surface area contributed by atoms with Crippen LogP contribution in [0.4, 0.5) is 4.39 Å². The van der Waals surface area contributed by atoms with Gasteiger partial charge in [-0.3, -0.25) is 4.79 Å². The molecule has 0 spiro atoms. The summed E-state index contributed by atoms with van der Waals surface area (Å²) in [5.74, 6) is 0.563. The van der Waals surface area contributed by atoms with E-state index in [1.807, 2.05) is 6.07 Å². The number of hydrogen-bond donors (Lipinski definition) is 1. The van der Waals surface area contributed by atoms with Gasteiger partial charge in [-0.15, -0.1) is 0 Å². The minimum Gasteiger partial charge on any atom is -0.353 e. The third kappa shape index (κ3) is 3.17. The smallest absolute Gasteiger partial charge is 0.237 e. The summed E-state index contributed by atoms with van der Waals surface area (Å²) >= 11 is 0. The molecule has 1 aromatic heterocycles. The van der Waals surface area contributed by atoms with Crippen LogP contribution in [-0.2, 0) is 16.6 Å². The number of halogens is 1. The highest BCUT2D eigenvalue weighted by Crippen LogP contribution is 2.48. The predicted octanol–water partition coefficient (Wildman–Crippen LogP) is 3.28. The van der Waals surface area contributed by atoms with Crippen molar-refractivity contribution in [3.8, 4) is 0 Å². The Morgan fingerprint density at radius 2 is 2.08 bits per heavy atom. The number of aromatic nitrogens is 2. The topological polar surface area (TPSA) is 68.0 Å². The fraction of sp³-hybridized carbons (Fsp3) is 0.526. The molecule has 2 aliphatic carbocycles. The second-order valence-electron chi connectivity index (χ2n) is 7.19. The zero-order chi connectivity index (χ0) is 17.3. The zero-order valence-electron chi connectivity index (χ0n) is 14.1. The van der Waals surface area contributed by atoms with Gasteiger partial charge < -0.3 is 9.84 Å². The summed E-state index contributed by atoms with van der Waals surface area (Å²) < 4.78 is 19.1. The molecule has 2 saturated carbocycles. The second kappa shape index (κ2) is 6.58. The number of carbonyl (C=O) groups is 1. The van der Waals surface area contributed by atoms with Crippen LogP contribution >= 0.6 is 0 Å². The van der Waals surface area contributed by atoms with E-state index in [2.05, 4.69) is 15.5 Å². The highest BCUT2D eigenvalue weighted by molar-refractivity contribution is 5.78. The van der Waals surface area contributed by atoms with Crippen molar-refractivity contribution in [1.82, 2.24) is 15.5 Å². The Morgan fingerprint density at radius 3 is 2.76 bits per heavy atom. The van der Waals surface area contributed by atoms with Crippen LogP contribution in [0.3, 0.4) is 0 Å². The predicted molar refractivity (Wildman–Crippen MR) is 89.4 cm³/mol. The number of benzene rings is 1. The molecule has 2 aromatic rings. The van der Waals surface area contributed by atoms with E-state index in [-0.39, 0.29) is 24.2 Å². The molecule has 4 rings (SSSR count). The number of carbonyl (C=O) groups excluding carboxylic acids is 1. The van der Waals surface area contributed by atoms with Gasteiger partial charge in [0.1, 0.15) is 5.82 Å². The lowest BCUT2D eigenvalue weighted by Crippen LogP contribution is -2.36. The van der Waals surface area contributed by atoms with Crippen molar-refractivity contribution in [2.75, 3.05) is 0 Å². The molecule has 2 aliphatic rings. The Morgan fingerprint density at radius 1 is 1.28 bits per heavy atom. The van der Waals surface area contributed by atoms with E-state index >= 15 is 0 Å². The summed E-state index contributed by atoms with van der Waals surface area (Å²) in [6, 6.07) is 6.86. The molecule has 0 bridgehead atoms. The molecule has 1 heterocycles. The molecule has 0 unspecified atom stereocenters. The van der Waals surface area contributed by atoms with Crippen LogP contribution in [0.5, 0.6) is 0 Å². The fourth-order valence-corrected chi connectivity index (χ4v) is 3.96. The Kier molecular flexibility index (Phi) is 4.27. The van der Waals surface area contributed by atoms with Gasteiger partial charge in [-0.1, -0.05) is 36.6 Å². The monoisotopic (exact) mass is 343 g/mol. The third-order valence-corrected chi connectivity index (χ3v) is 5.50. The molecule has 2 fully saturated rings. The van der Waals surface area contributed by atoms with E-state index in [1.165, 1.54) is 25.0 Å². The van der Waals surface area contributed by atoms with E-state index < -0.39 is 5.41 Å². The van der Waals surface area contributed by atoms with Crippen molar-refractivity contribution in [2.24, 2.45) is 0 Å². The molecule has 0 saturated heterocycles. The van der Waals surface area contributed by atoms with Crippen LogP contribution in [0.15, 0.2) is 28.8 Å². The van der Waals surface area contributed by atoms with Crippen molar-refractivity contribution in [2.45, 2.75) is 62.8 Å². The Labute approximate surface area is 146 Å². The molecule has 1 amide bonds. The molecule has 0 atom stereocenters. The van der Waals surface area contributed by atoms with Crippen LogP contribution in [-0.4, -0.2) is 22.1 Å². The average molecular weight is 343 g/mol. The quantitative estimate of drug-likeness (QED) is 0.905. The lowest BCUT2D eigenvalue weighted by molar-refractivity contribution is -0.121. The molecule has 0 radical (unpaired) electrons. The van der Waals surface area contributed by atoms with Gasteiger partial charge in [0, 0.05) is 6.04 Å². The fourth-order valence-electron chi connectivity index (χ4n) is 3.96. The first kappa shape index (κ1) is 16.2. The lowest BCUT2D eigenvalue weighted by atomic mass is 9.64. The molecular formula is C19H22FN3O2. The number of rotatable bonds is 5. The van der Waals surface area contributed by atoms with Crippen molar-refractivity contribution >= 4 is 5.91 Å². The number of hydrogen-bond acceptors (Lipinski definition) is 4. The van der Waals surface area contributed by atoms with E-state index in [9.17, 15) is 9.18 Å². The zero-order valence-corrected chi connectivity index (χ0v) is 14.1. The van der Waals surface area contributed by atoms with E-state index in [0.29, 0.717) is 11.7 Å². The Balaban J connectivity index is 1.49. The van der Waals surface area contributed by atoms with Crippen LogP contribution < -0.4 is 5.32 Å². The third-order valence-electron chi connectivity index (χ3n) is 5.50. The summed E-state index contributed by atoms with van der Waals surface area (Å²) in [6.07, 6.45) is 7.31. The van der Waals surface area contributed by atoms with E-state index in [0.717, 1.165) is 37.7 Å². The summed E-state index contributed by atoms with van der Waals surface area (Å²) in [5.41, 5.74) is 0.458. The molecule has 25 heavy (non-hydrogen) atoms. The first-order valence-corrected chi connectivity index (χ1v) is 9.04. The summed E-state index contributed by atoms with van der Waals surface area (Å²) in [6.45, 7) is 0. The molecular weight excluding hydrogens is 321 g/mol. The molecule has 0 aliphatic heterocycles. The van der Waals surface area contributed by atoms with Gasteiger partial charge >= 0.3 is 0 Å². The second-order valence-corrected chi connectivity index (χ2v) is 7.19. The van der Waals surface area contributed by atoms with Gasteiger partial charge in [0.2, 0.25) is 11.8 Å². The molecule has 1 aromatic carbocycles. The number of amides is 1. The Hall–Kier alpha value is -2.24. The molecule has 1 N–H and O–H groups in total. The largest absolute Gasteiger partial charge is 0.353 e. The van der Waals surface area contributed by atoms with Gasteiger partial charge in [0.05, 0.1) is 11.8 Å². The van der Waals surface area contributed by atoms with Gasteiger partial charge in [-0.05, 0) is 43.4 Å². The van der Waals surface area contributed by atoms with Crippen molar-refractivity contribution in [3.63, 3.8) is 0 Å². The maximum atomic E-state index is 13.6. The normalized spacial score (nSPS) is 19.6.